The van der Waals surface area contributed by atoms with Gasteiger partial charge in [0.1, 0.15) is 18.2 Å². The smallest absolute Gasteiger partial charge is 0.203 e. The number of methoxy groups -OCH3 is 1. The first-order chi connectivity index (χ1) is 12.7. The fourth-order valence-corrected chi connectivity index (χ4v) is 3.83. The van der Waals surface area contributed by atoms with Crippen LogP contribution in [-0.4, -0.2) is 34.4 Å². The number of benzene rings is 1. The maximum Gasteiger partial charge on any atom is 0.203 e. The van der Waals surface area contributed by atoms with Gasteiger partial charge < -0.3 is 18.8 Å². The lowest BCUT2D eigenvalue weighted by Gasteiger charge is -2.28. The van der Waals surface area contributed by atoms with Crippen LogP contribution in [0.1, 0.15) is 18.4 Å². The molecule has 0 spiro atoms. The van der Waals surface area contributed by atoms with Gasteiger partial charge in [0.2, 0.25) is 5.75 Å². The summed E-state index contributed by atoms with van der Waals surface area (Å²) >= 11 is 2.25. The Bertz CT molecular complexity index is 966. The zero-order chi connectivity index (χ0) is 17.7. The van der Waals surface area contributed by atoms with Gasteiger partial charge in [-0.15, -0.1) is 0 Å². The molecule has 2 aliphatic rings. The van der Waals surface area contributed by atoms with E-state index in [4.69, 9.17) is 14.2 Å². The monoisotopic (exact) mass is 463 g/mol. The van der Waals surface area contributed by atoms with Crippen LogP contribution < -0.4 is 14.2 Å². The van der Waals surface area contributed by atoms with Gasteiger partial charge in [0.25, 0.3) is 0 Å². The number of hydrogen-bond donors (Lipinski definition) is 0. The van der Waals surface area contributed by atoms with Crippen LogP contribution in [0.2, 0.25) is 0 Å². The lowest BCUT2D eigenvalue weighted by Crippen LogP contribution is -2.31. The third kappa shape index (κ3) is 2.87. The number of aromatic nitrogens is 3. The van der Waals surface area contributed by atoms with Crippen LogP contribution in [0.5, 0.6) is 17.2 Å². The van der Waals surface area contributed by atoms with Crippen LogP contribution >= 0.6 is 22.6 Å². The summed E-state index contributed by atoms with van der Waals surface area (Å²) in [6, 6.07) is 6.07. The second kappa shape index (κ2) is 6.29. The highest BCUT2D eigenvalue weighted by Gasteiger charge is 2.37. The standard InChI is InChI=1S/C19H18IN3O3/c1-24-15-4-11(5-16-18(15)26-17(9-25-16)12-2-3-12)8-23-10-22-14-6-13(20)7-21-19(14)23/h4-7,10,12,17H,2-3,8-9H2,1H3. The van der Waals surface area contributed by atoms with Gasteiger partial charge in [-0.3, -0.25) is 0 Å². The molecule has 3 aromatic rings. The summed E-state index contributed by atoms with van der Waals surface area (Å²) in [5.41, 5.74) is 2.83. The summed E-state index contributed by atoms with van der Waals surface area (Å²) in [6.07, 6.45) is 6.27. The molecule has 0 saturated heterocycles. The molecule has 1 aliphatic carbocycles. The lowest BCUT2D eigenvalue weighted by atomic mass is 10.1. The highest BCUT2D eigenvalue weighted by atomic mass is 127. The lowest BCUT2D eigenvalue weighted by molar-refractivity contribution is 0.0719. The Balaban J connectivity index is 1.47. The highest BCUT2D eigenvalue weighted by Crippen LogP contribution is 2.45. The third-order valence-corrected chi connectivity index (χ3v) is 5.49. The molecule has 26 heavy (non-hydrogen) atoms. The summed E-state index contributed by atoms with van der Waals surface area (Å²) in [4.78, 5) is 8.96. The summed E-state index contributed by atoms with van der Waals surface area (Å²) in [5.74, 6) is 2.82. The van der Waals surface area contributed by atoms with Crippen molar-refractivity contribution >= 4 is 33.8 Å². The molecule has 3 heterocycles. The molecule has 1 unspecified atom stereocenters. The second-order valence-corrected chi connectivity index (χ2v) is 8.04. The molecular formula is C19H18IN3O3. The zero-order valence-electron chi connectivity index (χ0n) is 14.3. The maximum absolute atomic E-state index is 6.17. The minimum Gasteiger partial charge on any atom is -0.493 e. The fraction of sp³-hybridized carbons (Fsp3) is 0.368. The van der Waals surface area contributed by atoms with Gasteiger partial charge in [-0.2, -0.15) is 0 Å². The number of imidazole rings is 1. The van der Waals surface area contributed by atoms with E-state index in [1.807, 2.05) is 35.3 Å². The summed E-state index contributed by atoms with van der Waals surface area (Å²) in [6.45, 7) is 1.25. The molecule has 0 radical (unpaired) electrons. The predicted octanol–water partition coefficient (Wildman–Crippen LogP) is 3.64. The van der Waals surface area contributed by atoms with Gasteiger partial charge >= 0.3 is 0 Å². The predicted molar refractivity (Wildman–Crippen MR) is 105 cm³/mol. The Morgan fingerprint density at radius 2 is 2.15 bits per heavy atom. The van der Waals surface area contributed by atoms with Crippen molar-refractivity contribution in [2.45, 2.75) is 25.5 Å². The van der Waals surface area contributed by atoms with E-state index in [0.717, 1.165) is 37.5 Å². The first-order valence-electron chi connectivity index (χ1n) is 8.68. The van der Waals surface area contributed by atoms with Crippen molar-refractivity contribution in [1.82, 2.24) is 14.5 Å². The van der Waals surface area contributed by atoms with Gasteiger partial charge in [-0.1, -0.05) is 0 Å². The molecule has 0 N–H and O–H groups in total. The first kappa shape index (κ1) is 16.2. The SMILES string of the molecule is COc1cc(Cn2cnc3cc(I)cnc32)cc2c1OC(C1CC1)CO2. The molecule has 1 aliphatic heterocycles. The number of fused-ring (bicyclic) bond motifs is 2. The van der Waals surface area contributed by atoms with Crippen molar-refractivity contribution in [3.63, 3.8) is 0 Å². The molecule has 1 atom stereocenters. The van der Waals surface area contributed by atoms with E-state index in [-0.39, 0.29) is 6.10 Å². The van der Waals surface area contributed by atoms with Crippen LogP contribution in [0, 0.1) is 9.49 Å². The largest absolute Gasteiger partial charge is 0.493 e. The molecule has 6 nitrogen and oxygen atoms in total. The molecule has 2 aromatic heterocycles. The number of halogens is 1. The average molecular weight is 463 g/mol. The molecule has 0 amide bonds. The topological polar surface area (TPSA) is 58.4 Å². The van der Waals surface area contributed by atoms with Gasteiger partial charge in [-0.25, -0.2) is 9.97 Å². The minimum atomic E-state index is 0.145. The molecule has 1 aromatic carbocycles. The second-order valence-electron chi connectivity index (χ2n) is 6.80. The quantitative estimate of drug-likeness (QED) is 0.554. The number of rotatable bonds is 4. The molecule has 7 heteroatoms. The van der Waals surface area contributed by atoms with Crippen LogP contribution in [0.4, 0.5) is 0 Å². The van der Waals surface area contributed by atoms with Crippen LogP contribution in [0.3, 0.4) is 0 Å². The third-order valence-electron chi connectivity index (χ3n) is 4.90. The van der Waals surface area contributed by atoms with E-state index in [1.165, 1.54) is 12.8 Å². The van der Waals surface area contributed by atoms with Crippen molar-refractivity contribution in [1.29, 1.82) is 0 Å². The van der Waals surface area contributed by atoms with Crippen molar-refractivity contribution in [3.8, 4) is 17.2 Å². The molecule has 1 saturated carbocycles. The van der Waals surface area contributed by atoms with Gasteiger partial charge in [0.15, 0.2) is 17.1 Å². The van der Waals surface area contributed by atoms with Crippen molar-refractivity contribution < 1.29 is 14.2 Å². The minimum absolute atomic E-state index is 0.145. The van der Waals surface area contributed by atoms with Gasteiger partial charge in [0.05, 0.1) is 20.0 Å². The van der Waals surface area contributed by atoms with E-state index in [0.29, 0.717) is 19.1 Å². The Morgan fingerprint density at radius 1 is 1.27 bits per heavy atom. The fourth-order valence-electron chi connectivity index (χ4n) is 3.39. The van der Waals surface area contributed by atoms with Gasteiger partial charge in [-0.05, 0) is 65.1 Å². The van der Waals surface area contributed by atoms with Crippen LogP contribution in [0.15, 0.2) is 30.7 Å². The van der Waals surface area contributed by atoms with E-state index in [9.17, 15) is 0 Å². The number of pyridine rings is 1. The van der Waals surface area contributed by atoms with Crippen molar-refractivity contribution in [2.75, 3.05) is 13.7 Å². The Morgan fingerprint density at radius 3 is 2.96 bits per heavy atom. The molecule has 1 fully saturated rings. The zero-order valence-corrected chi connectivity index (χ0v) is 16.5. The molecular weight excluding hydrogens is 445 g/mol. The van der Waals surface area contributed by atoms with E-state index in [2.05, 4.69) is 32.6 Å². The summed E-state index contributed by atoms with van der Waals surface area (Å²) in [5, 5.41) is 0. The van der Waals surface area contributed by atoms with Crippen molar-refractivity contribution in [2.24, 2.45) is 5.92 Å². The van der Waals surface area contributed by atoms with E-state index < -0.39 is 0 Å². The number of nitrogens with zero attached hydrogens (tertiary/aromatic N) is 3. The normalized spacial score (nSPS) is 18.9. The van der Waals surface area contributed by atoms with Crippen LogP contribution in [-0.2, 0) is 6.54 Å². The molecule has 0 bridgehead atoms. The molecule has 5 rings (SSSR count). The Hall–Kier alpha value is -2.03. The summed E-state index contributed by atoms with van der Waals surface area (Å²) in [7, 11) is 1.67. The van der Waals surface area contributed by atoms with Gasteiger partial charge in [0, 0.05) is 9.77 Å². The number of hydrogen-bond acceptors (Lipinski definition) is 5. The Kier molecular flexibility index (Phi) is 3.91. The Labute approximate surface area is 164 Å². The van der Waals surface area contributed by atoms with Crippen molar-refractivity contribution in [3.05, 3.63) is 39.9 Å². The van der Waals surface area contributed by atoms with Crippen LogP contribution in [0.25, 0.3) is 11.2 Å². The highest BCUT2D eigenvalue weighted by molar-refractivity contribution is 14.1. The first-order valence-corrected chi connectivity index (χ1v) is 9.76. The average Bonchev–Trinajstić information content (AvgIpc) is 3.43. The summed E-state index contributed by atoms with van der Waals surface area (Å²) < 4.78 is 20.8. The van der Waals surface area contributed by atoms with E-state index in [1.54, 1.807) is 7.11 Å². The maximum atomic E-state index is 6.17. The molecule has 134 valence electrons. The number of ether oxygens (including phenoxy) is 3. The van der Waals surface area contributed by atoms with E-state index >= 15 is 0 Å².